The maximum Gasteiger partial charge on any atom is 0.393 e. The molecule has 5 rings (SSSR count). The van der Waals surface area contributed by atoms with Crippen LogP contribution in [0.15, 0.2) is 42.7 Å². The summed E-state index contributed by atoms with van der Waals surface area (Å²) in [6.45, 7) is 0.721. The van der Waals surface area contributed by atoms with Gasteiger partial charge in [-0.15, -0.1) is 21.5 Å². The Kier molecular flexibility index (Phi) is 8.12. The second-order valence-corrected chi connectivity index (χ2v) is 10.7. The SMILES string of the molecule is COc1cc(-c2ccc(CN[C@H]3CCC[C@@H](Nc4ncnc5sc(CC(F)(F)F)cc45)C3)cc2)nnc1OC. The summed E-state index contributed by atoms with van der Waals surface area (Å²) in [4.78, 5) is 9.33. The number of nitrogens with zero attached hydrogens (tertiary/aromatic N) is 4. The zero-order chi connectivity index (χ0) is 27.4. The van der Waals surface area contributed by atoms with E-state index in [1.54, 1.807) is 19.2 Å². The molecule has 8 nitrogen and oxygen atoms in total. The summed E-state index contributed by atoms with van der Waals surface area (Å²) in [6.07, 6.45) is 0.185. The van der Waals surface area contributed by atoms with Gasteiger partial charge in [-0.3, -0.25) is 0 Å². The normalized spacial score (nSPS) is 17.8. The highest BCUT2D eigenvalue weighted by Gasteiger charge is 2.29. The van der Waals surface area contributed by atoms with E-state index in [1.165, 1.54) is 13.4 Å². The first-order valence-corrected chi connectivity index (χ1v) is 13.5. The maximum absolute atomic E-state index is 12.9. The molecule has 1 aromatic carbocycles. The van der Waals surface area contributed by atoms with Crippen molar-refractivity contribution >= 4 is 27.4 Å². The molecule has 1 saturated carbocycles. The van der Waals surface area contributed by atoms with Crippen LogP contribution in [-0.4, -0.2) is 52.6 Å². The number of fused-ring (bicyclic) bond motifs is 1. The van der Waals surface area contributed by atoms with Crippen LogP contribution in [-0.2, 0) is 13.0 Å². The maximum atomic E-state index is 12.9. The molecule has 0 saturated heterocycles. The van der Waals surface area contributed by atoms with Crippen LogP contribution in [0, 0.1) is 0 Å². The van der Waals surface area contributed by atoms with Crippen LogP contribution >= 0.6 is 11.3 Å². The molecule has 3 aromatic heterocycles. The largest absolute Gasteiger partial charge is 0.491 e. The van der Waals surface area contributed by atoms with E-state index in [0.717, 1.165) is 54.7 Å². The zero-order valence-corrected chi connectivity index (χ0v) is 22.4. The Morgan fingerprint density at radius 3 is 2.54 bits per heavy atom. The summed E-state index contributed by atoms with van der Waals surface area (Å²) in [5, 5.41) is 16.1. The molecule has 2 N–H and O–H groups in total. The number of anilines is 1. The fourth-order valence-corrected chi connectivity index (χ4v) is 5.88. The van der Waals surface area contributed by atoms with Gasteiger partial charge in [-0.2, -0.15) is 13.2 Å². The third kappa shape index (κ3) is 6.74. The number of ether oxygens (including phenoxy) is 2. The number of halogens is 3. The predicted molar refractivity (Wildman–Crippen MR) is 144 cm³/mol. The molecule has 0 unspecified atom stereocenters. The first-order chi connectivity index (χ1) is 18.8. The number of rotatable bonds is 9. The number of aromatic nitrogens is 4. The quantitative estimate of drug-likeness (QED) is 0.267. The Morgan fingerprint density at radius 2 is 1.79 bits per heavy atom. The Bertz CT molecular complexity index is 1410. The summed E-state index contributed by atoms with van der Waals surface area (Å²) in [6, 6.07) is 12.0. The summed E-state index contributed by atoms with van der Waals surface area (Å²) in [7, 11) is 3.09. The minimum atomic E-state index is -4.25. The predicted octanol–water partition coefficient (Wildman–Crippen LogP) is 5.78. The molecular formula is C27H29F3N6O2S. The lowest BCUT2D eigenvalue weighted by Crippen LogP contribution is -2.38. The van der Waals surface area contributed by atoms with Crippen molar-refractivity contribution in [2.75, 3.05) is 19.5 Å². The minimum Gasteiger partial charge on any atom is -0.491 e. The van der Waals surface area contributed by atoms with Gasteiger partial charge in [-0.05, 0) is 37.3 Å². The Labute approximate surface area is 228 Å². The molecule has 0 bridgehead atoms. The van der Waals surface area contributed by atoms with E-state index in [2.05, 4.69) is 42.9 Å². The topological polar surface area (TPSA) is 94.1 Å². The van der Waals surface area contributed by atoms with Crippen molar-refractivity contribution in [3.8, 4) is 22.9 Å². The van der Waals surface area contributed by atoms with E-state index in [9.17, 15) is 13.2 Å². The van der Waals surface area contributed by atoms with Crippen LogP contribution in [0.25, 0.3) is 21.5 Å². The molecule has 3 heterocycles. The van der Waals surface area contributed by atoms with Gasteiger partial charge in [0.1, 0.15) is 17.0 Å². The van der Waals surface area contributed by atoms with E-state index in [0.29, 0.717) is 39.4 Å². The molecular weight excluding hydrogens is 529 g/mol. The monoisotopic (exact) mass is 558 g/mol. The van der Waals surface area contributed by atoms with Crippen LogP contribution in [0.2, 0.25) is 0 Å². The molecule has 0 amide bonds. The number of hydrogen-bond donors (Lipinski definition) is 2. The van der Waals surface area contributed by atoms with Crippen LogP contribution in [0.4, 0.5) is 19.0 Å². The number of hydrogen-bond acceptors (Lipinski definition) is 9. The van der Waals surface area contributed by atoms with Gasteiger partial charge in [0.15, 0.2) is 5.75 Å². The summed E-state index contributed by atoms with van der Waals surface area (Å²) in [5.74, 6) is 1.47. The van der Waals surface area contributed by atoms with Gasteiger partial charge in [0.2, 0.25) is 0 Å². The summed E-state index contributed by atoms with van der Waals surface area (Å²) >= 11 is 1.07. The molecule has 1 aliphatic rings. The van der Waals surface area contributed by atoms with Crippen molar-refractivity contribution in [1.82, 2.24) is 25.5 Å². The summed E-state index contributed by atoms with van der Waals surface area (Å²) < 4.78 is 49.1. The molecule has 2 atom stereocenters. The van der Waals surface area contributed by atoms with Crippen molar-refractivity contribution in [2.24, 2.45) is 0 Å². The van der Waals surface area contributed by atoms with Crippen molar-refractivity contribution in [1.29, 1.82) is 0 Å². The van der Waals surface area contributed by atoms with Crippen LogP contribution in [0.1, 0.15) is 36.1 Å². The number of alkyl halides is 3. The van der Waals surface area contributed by atoms with Crippen LogP contribution in [0.5, 0.6) is 11.6 Å². The smallest absolute Gasteiger partial charge is 0.393 e. The zero-order valence-electron chi connectivity index (χ0n) is 21.6. The molecule has 39 heavy (non-hydrogen) atoms. The Hall–Kier alpha value is -3.51. The van der Waals surface area contributed by atoms with E-state index >= 15 is 0 Å². The lowest BCUT2D eigenvalue weighted by molar-refractivity contribution is -0.126. The number of methoxy groups -OCH3 is 2. The van der Waals surface area contributed by atoms with E-state index in [1.807, 2.05) is 12.1 Å². The van der Waals surface area contributed by atoms with Gasteiger partial charge in [0.25, 0.3) is 5.88 Å². The molecule has 0 radical (unpaired) electrons. The van der Waals surface area contributed by atoms with E-state index < -0.39 is 12.6 Å². The molecule has 1 fully saturated rings. The fourth-order valence-electron chi connectivity index (χ4n) is 4.85. The van der Waals surface area contributed by atoms with Gasteiger partial charge in [-0.25, -0.2) is 9.97 Å². The lowest BCUT2D eigenvalue weighted by atomic mass is 9.90. The highest BCUT2D eigenvalue weighted by atomic mass is 32.1. The summed E-state index contributed by atoms with van der Waals surface area (Å²) in [5.41, 5.74) is 2.77. The first kappa shape index (κ1) is 27.1. The highest BCUT2D eigenvalue weighted by Crippen LogP contribution is 2.34. The highest BCUT2D eigenvalue weighted by molar-refractivity contribution is 7.18. The molecule has 4 aromatic rings. The second kappa shape index (κ2) is 11.7. The lowest BCUT2D eigenvalue weighted by Gasteiger charge is -2.31. The average Bonchev–Trinajstić information content (AvgIpc) is 3.34. The van der Waals surface area contributed by atoms with Gasteiger partial charge in [-0.1, -0.05) is 24.3 Å². The first-order valence-electron chi connectivity index (χ1n) is 12.7. The molecule has 206 valence electrons. The molecule has 12 heteroatoms. The Morgan fingerprint density at radius 1 is 1.00 bits per heavy atom. The van der Waals surface area contributed by atoms with Gasteiger partial charge < -0.3 is 20.1 Å². The Balaban J connectivity index is 1.18. The molecule has 1 aliphatic carbocycles. The average molecular weight is 559 g/mol. The number of benzene rings is 1. The third-order valence-electron chi connectivity index (χ3n) is 6.76. The molecule has 0 spiro atoms. The minimum absolute atomic E-state index is 0.173. The van der Waals surface area contributed by atoms with E-state index in [-0.39, 0.29) is 10.9 Å². The van der Waals surface area contributed by atoms with Gasteiger partial charge >= 0.3 is 6.18 Å². The molecule has 0 aliphatic heterocycles. The van der Waals surface area contributed by atoms with Crippen LogP contribution in [0.3, 0.4) is 0 Å². The van der Waals surface area contributed by atoms with Crippen LogP contribution < -0.4 is 20.1 Å². The van der Waals surface area contributed by atoms with Crippen molar-refractivity contribution < 1.29 is 22.6 Å². The van der Waals surface area contributed by atoms with Crippen molar-refractivity contribution in [3.05, 3.63) is 53.2 Å². The number of nitrogens with one attached hydrogen (secondary N) is 2. The number of thiophene rings is 1. The van der Waals surface area contributed by atoms with Crippen molar-refractivity contribution in [3.63, 3.8) is 0 Å². The van der Waals surface area contributed by atoms with Gasteiger partial charge in [0, 0.05) is 35.1 Å². The van der Waals surface area contributed by atoms with E-state index in [4.69, 9.17) is 9.47 Å². The second-order valence-electron chi connectivity index (χ2n) is 9.54. The van der Waals surface area contributed by atoms with Gasteiger partial charge in [0.05, 0.1) is 31.7 Å². The third-order valence-corrected chi connectivity index (χ3v) is 7.80. The standard InChI is InChI=1S/C27H29F3N6O2S/c1-37-23-12-22(35-36-25(23)38-2)17-8-6-16(7-9-17)14-31-18-4-3-5-19(10-18)34-24-21-11-20(13-27(28,29)30)39-26(21)33-15-32-24/h6-9,11-12,15,18-19,31H,3-5,10,13-14H2,1-2H3,(H,32,33,34)/t18-,19+/m0/s1. The fraction of sp³-hybridized carbons (Fsp3) is 0.407. The van der Waals surface area contributed by atoms with Crippen molar-refractivity contribution in [2.45, 2.75) is 56.9 Å².